The first-order chi connectivity index (χ1) is 9.60. The molecule has 0 saturated carbocycles. The fourth-order valence-electron chi connectivity index (χ4n) is 2.18. The van der Waals surface area contributed by atoms with E-state index in [1.807, 2.05) is 24.0 Å². The van der Waals surface area contributed by atoms with Crippen LogP contribution in [0.5, 0.6) is 0 Å². The highest BCUT2D eigenvalue weighted by Crippen LogP contribution is 2.16. The molecule has 6 heteroatoms. The Morgan fingerprint density at radius 2 is 2.15 bits per heavy atom. The van der Waals surface area contributed by atoms with Crippen molar-refractivity contribution < 1.29 is 14.3 Å². The minimum absolute atomic E-state index is 0.114. The number of carbonyl (C=O) groups excluding carboxylic acids is 2. The van der Waals surface area contributed by atoms with Crippen molar-refractivity contribution in [1.29, 1.82) is 0 Å². The highest BCUT2D eigenvalue weighted by molar-refractivity contribution is 9.10. The van der Waals surface area contributed by atoms with Gasteiger partial charge in [0, 0.05) is 16.7 Å². The van der Waals surface area contributed by atoms with E-state index in [1.165, 1.54) is 0 Å². The SMILES string of the molecule is CCN1CCOC(=O)[C@H]1CC(=O)Nc1ccc(Br)cc1. The molecule has 5 nitrogen and oxygen atoms in total. The predicted molar refractivity (Wildman–Crippen MR) is 79.4 cm³/mol. The van der Waals surface area contributed by atoms with Gasteiger partial charge < -0.3 is 10.1 Å². The number of ether oxygens (including phenoxy) is 1. The Kier molecular flexibility index (Phi) is 5.14. The van der Waals surface area contributed by atoms with Crippen molar-refractivity contribution in [3.05, 3.63) is 28.7 Å². The number of rotatable bonds is 4. The van der Waals surface area contributed by atoms with Gasteiger partial charge in [-0.3, -0.25) is 14.5 Å². The van der Waals surface area contributed by atoms with Crippen molar-refractivity contribution in [3.63, 3.8) is 0 Å². The average Bonchev–Trinajstić information content (AvgIpc) is 2.43. The van der Waals surface area contributed by atoms with Gasteiger partial charge in [-0.15, -0.1) is 0 Å². The number of nitrogens with one attached hydrogen (secondary N) is 1. The van der Waals surface area contributed by atoms with Crippen molar-refractivity contribution in [2.24, 2.45) is 0 Å². The van der Waals surface area contributed by atoms with Crippen LogP contribution >= 0.6 is 15.9 Å². The van der Waals surface area contributed by atoms with Crippen molar-refractivity contribution in [1.82, 2.24) is 4.90 Å². The minimum Gasteiger partial charge on any atom is -0.463 e. The normalized spacial score (nSPS) is 19.5. The number of likely N-dealkylation sites (N-methyl/N-ethyl adjacent to an activating group) is 1. The molecular weight excluding hydrogens is 324 g/mol. The Morgan fingerprint density at radius 3 is 2.80 bits per heavy atom. The number of hydrogen-bond acceptors (Lipinski definition) is 4. The summed E-state index contributed by atoms with van der Waals surface area (Å²) >= 11 is 3.34. The van der Waals surface area contributed by atoms with Crippen LogP contribution in [0, 0.1) is 0 Å². The second-order valence-electron chi connectivity index (χ2n) is 4.57. The van der Waals surface area contributed by atoms with E-state index in [4.69, 9.17) is 4.74 Å². The molecule has 1 saturated heterocycles. The molecule has 1 aliphatic heterocycles. The lowest BCUT2D eigenvalue weighted by Gasteiger charge is -2.32. The summed E-state index contributed by atoms with van der Waals surface area (Å²) in [7, 11) is 0. The molecule has 0 radical (unpaired) electrons. The summed E-state index contributed by atoms with van der Waals surface area (Å²) in [5.74, 6) is -0.501. The molecule has 0 bridgehead atoms. The van der Waals surface area contributed by atoms with Crippen LogP contribution in [0.2, 0.25) is 0 Å². The van der Waals surface area contributed by atoms with E-state index in [9.17, 15) is 9.59 Å². The molecule has 0 aromatic heterocycles. The number of amides is 1. The standard InChI is InChI=1S/C14H17BrN2O3/c1-2-17-7-8-20-14(19)12(17)9-13(18)16-11-5-3-10(15)4-6-11/h3-6,12H,2,7-9H2,1H3,(H,16,18)/t12-/m1/s1. The zero-order valence-electron chi connectivity index (χ0n) is 11.3. The summed E-state index contributed by atoms with van der Waals surface area (Å²) in [6.45, 7) is 3.78. The number of benzene rings is 1. The lowest BCUT2D eigenvalue weighted by molar-refractivity contribution is -0.158. The Bertz CT molecular complexity index is 490. The Morgan fingerprint density at radius 1 is 1.45 bits per heavy atom. The van der Waals surface area contributed by atoms with Gasteiger partial charge in [-0.1, -0.05) is 22.9 Å². The van der Waals surface area contributed by atoms with Gasteiger partial charge in [0.1, 0.15) is 12.6 Å². The number of anilines is 1. The highest BCUT2D eigenvalue weighted by Gasteiger charge is 2.32. The lowest BCUT2D eigenvalue weighted by atomic mass is 10.1. The molecule has 0 aliphatic carbocycles. The van der Waals surface area contributed by atoms with Gasteiger partial charge >= 0.3 is 5.97 Å². The molecular formula is C14H17BrN2O3. The first-order valence-electron chi connectivity index (χ1n) is 6.56. The molecule has 2 rings (SSSR count). The molecule has 20 heavy (non-hydrogen) atoms. The third kappa shape index (κ3) is 3.80. The summed E-state index contributed by atoms with van der Waals surface area (Å²) in [6.07, 6.45) is 0.114. The summed E-state index contributed by atoms with van der Waals surface area (Å²) in [5, 5.41) is 2.79. The molecule has 1 aromatic rings. The number of halogens is 1. The highest BCUT2D eigenvalue weighted by atomic mass is 79.9. The van der Waals surface area contributed by atoms with Gasteiger partial charge in [0.2, 0.25) is 5.91 Å². The molecule has 1 heterocycles. The monoisotopic (exact) mass is 340 g/mol. The summed E-state index contributed by atoms with van der Waals surface area (Å²) < 4.78 is 5.97. The van der Waals surface area contributed by atoms with Crippen LogP contribution in [0.4, 0.5) is 5.69 Å². The van der Waals surface area contributed by atoms with Crippen LogP contribution in [-0.2, 0) is 14.3 Å². The maximum Gasteiger partial charge on any atom is 0.323 e. The van der Waals surface area contributed by atoms with E-state index < -0.39 is 6.04 Å². The summed E-state index contributed by atoms with van der Waals surface area (Å²) in [4.78, 5) is 25.7. The van der Waals surface area contributed by atoms with E-state index in [2.05, 4.69) is 21.2 Å². The number of morpholine rings is 1. The molecule has 1 N–H and O–H groups in total. The Labute approximate surface area is 126 Å². The van der Waals surface area contributed by atoms with Crippen molar-refractivity contribution in [2.75, 3.05) is 25.0 Å². The number of hydrogen-bond donors (Lipinski definition) is 1. The number of esters is 1. The second-order valence-corrected chi connectivity index (χ2v) is 5.49. The maximum absolute atomic E-state index is 12.0. The molecule has 0 unspecified atom stereocenters. The first-order valence-corrected chi connectivity index (χ1v) is 7.35. The Hall–Kier alpha value is -1.40. The van der Waals surface area contributed by atoms with Gasteiger partial charge in [0.25, 0.3) is 0 Å². The smallest absolute Gasteiger partial charge is 0.323 e. The van der Waals surface area contributed by atoms with Gasteiger partial charge in [0.15, 0.2) is 0 Å². The number of nitrogens with zero attached hydrogens (tertiary/aromatic N) is 1. The molecule has 108 valence electrons. The molecule has 0 spiro atoms. The lowest BCUT2D eigenvalue weighted by Crippen LogP contribution is -2.50. The minimum atomic E-state index is -0.482. The van der Waals surface area contributed by atoms with Crippen LogP contribution in [0.25, 0.3) is 0 Å². The van der Waals surface area contributed by atoms with E-state index >= 15 is 0 Å². The quantitative estimate of drug-likeness (QED) is 0.852. The predicted octanol–water partition coefficient (Wildman–Crippen LogP) is 2.02. The van der Waals surface area contributed by atoms with Gasteiger partial charge in [-0.05, 0) is 30.8 Å². The van der Waals surface area contributed by atoms with Crippen LogP contribution in [0.3, 0.4) is 0 Å². The van der Waals surface area contributed by atoms with Crippen LogP contribution in [0.1, 0.15) is 13.3 Å². The van der Waals surface area contributed by atoms with Gasteiger partial charge in [0.05, 0.1) is 6.42 Å². The van der Waals surface area contributed by atoms with Crippen molar-refractivity contribution >= 4 is 33.5 Å². The second kappa shape index (κ2) is 6.85. The van der Waals surface area contributed by atoms with Crippen LogP contribution < -0.4 is 5.32 Å². The van der Waals surface area contributed by atoms with E-state index in [1.54, 1.807) is 12.1 Å². The molecule has 1 atom stereocenters. The maximum atomic E-state index is 12.0. The molecule has 1 aliphatic rings. The van der Waals surface area contributed by atoms with E-state index in [0.29, 0.717) is 18.8 Å². The topological polar surface area (TPSA) is 58.6 Å². The summed E-state index contributed by atoms with van der Waals surface area (Å²) in [6, 6.07) is 6.83. The Balaban J connectivity index is 1.95. The largest absolute Gasteiger partial charge is 0.463 e. The molecule has 1 fully saturated rings. The fourth-order valence-corrected chi connectivity index (χ4v) is 2.44. The summed E-state index contributed by atoms with van der Waals surface area (Å²) in [5.41, 5.74) is 0.713. The average molecular weight is 341 g/mol. The van der Waals surface area contributed by atoms with Gasteiger partial charge in [-0.2, -0.15) is 0 Å². The zero-order valence-corrected chi connectivity index (χ0v) is 12.9. The van der Waals surface area contributed by atoms with Crippen molar-refractivity contribution in [3.8, 4) is 0 Å². The van der Waals surface area contributed by atoms with Crippen LogP contribution in [0.15, 0.2) is 28.7 Å². The molecule has 1 aromatic carbocycles. The van der Waals surface area contributed by atoms with Crippen LogP contribution in [-0.4, -0.2) is 42.5 Å². The number of cyclic esters (lactones) is 1. The van der Waals surface area contributed by atoms with Crippen molar-refractivity contribution in [2.45, 2.75) is 19.4 Å². The number of carbonyl (C=O) groups is 2. The van der Waals surface area contributed by atoms with E-state index in [-0.39, 0.29) is 18.3 Å². The third-order valence-corrected chi connectivity index (χ3v) is 3.78. The zero-order chi connectivity index (χ0) is 14.5. The van der Waals surface area contributed by atoms with E-state index in [0.717, 1.165) is 11.0 Å². The first kappa shape index (κ1) is 15.0. The fraction of sp³-hybridized carbons (Fsp3) is 0.429. The van der Waals surface area contributed by atoms with Gasteiger partial charge in [-0.25, -0.2) is 0 Å². The third-order valence-electron chi connectivity index (χ3n) is 3.25. The molecule has 1 amide bonds.